The molecule has 0 bridgehead atoms. The van der Waals surface area contributed by atoms with Crippen molar-refractivity contribution in [3.8, 4) is 17.7 Å². The van der Waals surface area contributed by atoms with Crippen LogP contribution in [0.15, 0.2) is 42.6 Å². The number of amides is 1. The van der Waals surface area contributed by atoms with E-state index in [9.17, 15) is 9.90 Å². The third-order valence-corrected chi connectivity index (χ3v) is 5.92. The number of pyridine rings is 1. The number of aliphatic hydroxyl groups is 1. The first kappa shape index (κ1) is 24.8. The zero-order valence-electron chi connectivity index (χ0n) is 20.1. The summed E-state index contributed by atoms with van der Waals surface area (Å²) < 4.78 is 6.36. The number of benzene rings is 1. The Hall–Kier alpha value is -2.88. The third kappa shape index (κ3) is 6.56. The van der Waals surface area contributed by atoms with Crippen molar-refractivity contribution in [3.63, 3.8) is 0 Å². The summed E-state index contributed by atoms with van der Waals surface area (Å²) in [6.07, 6.45) is 3.28. The maximum atomic E-state index is 13.4. The molecule has 0 saturated carbocycles. The van der Waals surface area contributed by atoms with E-state index >= 15 is 0 Å². The second-order valence-corrected chi connectivity index (χ2v) is 8.93. The van der Waals surface area contributed by atoms with E-state index in [0.29, 0.717) is 30.1 Å². The van der Waals surface area contributed by atoms with Gasteiger partial charge < -0.3 is 14.7 Å². The van der Waals surface area contributed by atoms with Crippen molar-refractivity contribution in [2.75, 3.05) is 26.7 Å². The second kappa shape index (κ2) is 11.8. The van der Waals surface area contributed by atoms with Crippen molar-refractivity contribution in [1.29, 1.82) is 0 Å². The van der Waals surface area contributed by atoms with Gasteiger partial charge in [-0.1, -0.05) is 56.0 Å². The molecule has 0 fully saturated rings. The summed E-state index contributed by atoms with van der Waals surface area (Å²) in [6, 6.07) is 11.8. The first-order valence-corrected chi connectivity index (χ1v) is 11.7. The Morgan fingerprint density at radius 1 is 1.33 bits per heavy atom. The molecule has 3 atom stereocenters. The molecule has 1 aliphatic rings. The van der Waals surface area contributed by atoms with Gasteiger partial charge in [0.1, 0.15) is 11.7 Å². The van der Waals surface area contributed by atoms with Crippen LogP contribution in [-0.4, -0.2) is 64.7 Å². The molecule has 0 aliphatic carbocycles. The van der Waals surface area contributed by atoms with E-state index in [2.05, 4.69) is 54.8 Å². The highest BCUT2D eigenvalue weighted by atomic mass is 16.5. The molecule has 2 aromatic rings. The zero-order chi connectivity index (χ0) is 23.8. The predicted molar refractivity (Wildman–Crippen MR) is 130 cm³/mol. The number of likely N-dealkylation sites (N-methyl/N-ethyl adjacent to an activating group) is 1. The quantitative estimate of drug-likeness (QED) is 0.655. The van der Waals surface area contributed by atoms with Crippen molar-refractivity contribution in [3.05, 3.63) is 59.3 Å². The average molecular weight is 450 g/mol. The molecule has 1 aromatic heterocycles. The van der Waals surface area contributed by atoms with E-state index in [4.69, 9.17) is 4.74 Å². The van der Waals surface area contributed by atoms with Crippen molar-refractivity contribution in [1.82, 2.24) is 14.8 Å². The van der Waals surface area contributed by atoms with Gasteiger partial charge in [-0.25, -0.2) is 4.98 Å². The Bertz CT molecular complexity index is 983. The van der Waals surface area contributed by atoms with Crippen LogP contribution in [0.4, 0.5) is 0 Å². The summed E-state index contributed by atoms with van der Waals surface area (Å²) in [5.41, 5.74) is 2.33. The normalized spacial score (nSPS) is 19.1. The molecular formula is C27H35N3O3. The molecule has 33 heavy (non-hydrogen) atoms. The molecule has 3 rings (SSSR count). The highest BCUT2D eigenvalue weighted by Gasteiger charge is 2.34. The lowest BCUT2D eigenvalue weighted by molar-refractivity contribution is 0.0325. The molecule has 0 unspecified atom stereocenters. The summed E-state index contributed by atoms with van der Waals surface area (Å²) in [4.78, 5) is 21.9. The van der Waals surface area contributed by atoms with Gasteiger partial charge in [-0.2, -0.15) is 0 Å². The third-order valence-electron chi connectivity index (χ3n) is 5.92. The highest BCUT2D eigenvalue weighted by Crippen LogP contribution is 2.27. The fourth-order valence-electron chi connectivity index (χ4n) is 3.94. The molecule has 1 aromatic carbocycles. The number of fused-ring (bicyclic) bond motifs is 1. The topological polar surface area (TPSA) is 65.9 Å². The van der Waals surface area contributed by atoms with Gasteiger partial charge >= 0.3 is 0 Å². The number of aromatic nitrogens is 1. The predicted octanol–water partition coefficient (Wildman–Crippen LogP) is 3.59. The van der Waals surface area contributed by atoms with Gasteiger partial charge in [0.05, 0.1) is 12.6 Å². The minimum atomic E-state index is -0.302. The van der Waals surface area contributed by atoms with Crippen LogP contribution in [0.25, 0.3) is 0 Å². The molecular weight excluding hydrogens is 414 g/mol. The number of unbranched alkanes of at least 4 members (excludes halogenated alkanes) is 1. The molecule has 1 amide bonds. The number of carbonyl (C=O) groups excluding carboxylic acids is 1. The van der Waals surface area contributed by atoms with E-state index in [0.717, 1.165) is 19.4 Å². The lowest BCUT2D eigenvalue weighted by atomic mass is 9.99. The van der Waals surface area contributed by atoms with Gasteiger partial charge in [0, 0.05) is 43.7 Å². The van der Waals surface area contributed by atoms with Gasteiger partial charge in [0.2, 0.25) is 5.88 Å². The minimum Gasteiger partial charge on any atom is -0.472 e. The number of hydrogen-bond acceptors (Lipinski definition) is 5. The van der Waals surface area contributed by atoms with Crippen molar-refractivity contribution in [2.24, 2.45) is 5.92 Å². The average Bonchev–Trinajstić information content (AvgIpc) is 2.82. The van der Waals surface area contributed by atoms with Gasteiger partial charge in [0.25, 0.3) is 5.91 Å². The fraction of sp³-hybridized carbons (Fsp3) is 0.481. The van der Waals surface area contributed by atoms with Gasteiger partial charge in [-0.05, 0) is 32.0 Å². The zero-order valence-corrected chi connectivity index (χ0v) is 20.1. The van der Waals surface area contributed by atoms with E-state index < -0.39 is 0 Å². The molecule has 1 N–H and O–H groups in total. The van der Waals surface area contributed by atoms with Crippen LogP contribution in [0.1, 0.15) is 55.1 Å². The van der Waals surface area contributed by atoms with E-state index in [1.165, 1.54) is 5.56 Å². The highest BCUT2D eigenvalue weighted by molar-refractivity contribution is 5.97. The van der Waals surface area contributed by atoms with E-state index in [1.807, 2.05) is 25.1 Å². The molecule has 6 heteroatoms. The molecule has 2 heterocycles. The Morgan fingerprint density at radius 2 is 2.09 bits per heavy atom. The summed E-state index contributed by atoms with van der Waals surface area (Å²) >= 11 is 0. The Labute approximate surface area is 197 Å². The van der Waals surface area contributed by atoms with Crippen LogP contribution >= 0.6 is 0 Å². The summed E-state index contributed by atoms with van der Waals surface area (Å²) in [5.74, 6) is 6.41. The van der Waals surface area contributed by atoms with Crippen molar-refractivity contribution < 1.29 is 14.6 Å². The molecule has 0 spiro atoms. The first-order valence-electron chi connectivity index (χ1n) is 11.7. The maximum Gasteiger partial charge on any atom is 0.259 e. The smallest absolute Gasteiger partial charge is 0.259 e. The standard InChI is InChI=1S/C27H35N3O3/c1-5-6-8-13-23-14-24-26(28-15-23)33-25(18-29(4)17-22-11-9-7-10-12-22)20(2)16-30(27(24)32)21(3)19-31/h7,9-12,14-15,20-21,25,31H,5-6,16-19H2,1-4H3/t20-,21-,25+/m1/s1. The van der Waals surface area contributed by atoms with E-state index in [1.54, 1.807) is 17.2 Å². The van der Waals surface area contributed by atoms with Crippen LogP contribution in [0.5, 0.6) is 5.88 Å². The van der Waals surface area contributed by atoms with Crippen molar-refractivity contribution >= 4 is 5.91 Å². The summed E-state index contributed by atoms with van der Waals surface area (Å²) in [7, 11) is 2.07. The molecule has 0 saturated heterocycles. The van der Waals surface area contributed by atoms with Gasteiger partial charge in [-0.15, -0.1) is 0 Å². The van der Waals surface area contributed by atoms with E-state index in [-0.39, 0.29) is 30.6 Å². The van der Waals surface area contributed by atoms with Crippen LogP contribution in [0.2, 0.25) is 0 Å². The number of nitrogens with zero attached hydrogens (tertiary/aromatic N) is 3. The Morgan fingerprint density at radius 3 is 2.79 bits per heavy atom. The lowest BCUT2D eigenvalue weighted by Gasteiger charge is -2.37. The summed E-state index contributed by atoms with van der Waals surface area (Å²) in [6.45, 7) is 7.91. The number of aliphatic hydroxyl groups excluding tert-OH is 1. The lowest BCUT2D eigenvalue weighted by Crippen LogP contribution is -2.49. The monoisotopic (exact) mass is 449 g/mol. The number of hydrogen-bond donors (Lipinski definition) is 1. The maximum absolute atomic E-state index is 13.4. The van der Waals surface area contributed by atoms with Gasteiger partial charge in [0.15, 0.2) is 0 Å². The van der Waals surface area contributed by atoms with Crippen LogP contribution < -0.4 is 4.74 Å². The second-order valence-electron chi connectivity index (χ2n) is 8.93. The van der Waals surface area contributed by atoms with Crippen LogP contribution in [0, 0.1) is 17.8 Å². The van der Waals surface area contributed by atoms with Crippen molar-refractivity contribution in [2.45, 2.75) is 52.3 Å². The first-order chi connectivity index (χ1) is 15.9. The molecule has 176 valence electrons. The molecule has 1 aliphatic heterocycles. The number of rotatable bonds is 7. The van der Waals surface area contributed by atoms with Crippen LogP contribution in [-0.2, 0) is 6.54 Å². The Kier molecular flexibility index (Phi) is 8.87. The fourth-order valence-corrected chi connectivity index (χ4v) is 3.94. The largest absolute Gasteiger partial charge is 0.472 e. The number of carbonyl (C=O) groups is 1. The SMILES string of the molecule is CCCC#Cc1cnc2c(c1)C(=O)N([C@H](C)CO)C[C@@H](C)[C@H](CN(C)Cc1ccccc1)O2. The molecule has 6 nitrogen and oxygen atoms in total. The van der Waals surface area contributed by atoms with Crippen LogP contribution in [0.3, 0.4) is 0 Å². The summed E-state index contributed by atoms with van der Waals surface area (Å²) in [5, 5.41) is 9.80. The number of ether oxygens (including phenoxy) is 1. The molecule has 0 radical (unpaired) electrons. The Balaban J connectivity index is 1.89. The minimum absolute atomic E-state index is 0.0557. The van der Waals surface area contributed by atoms with Gasteiger partial charge in [-0.3, -0.25) is 9.69 Å².